The number of benzene rings is 3. The van der Waals surface area contributed by atoms with E-state index in [9.17, 15) is 31.7 Å². The second-order valence-electron chi connectivity index (χ2n) is 7.15. The number of hydrogen-bond acceptors (Lipinski definition) is 7. The third-order valence-electron chi connectivity index (χ3n) is 4.59. The highest BCUT2D eigenvalue weighted by atomic mass is 32.2. The summed E-state index contributed by atoms with van der Waals surface area (Å²) in [5, 5.41) is 13.7. The average Bonchev–Trinajstić information content (AvgIpc) is 2.75. The SMILES string of the molecule is Cc1ccc(NC(=O)c2cc([N+](=O)[O-])cc(S(C)(=O)=O)c2)cc1NS(=O)(=O)c1ccccc1. The molecule has 0 heterocycles. The number of amides is 1. The van der Waals surface area contributed by atoms with Crippen LogP contribution in [0.1, 0.15) is 15.9 Å². The monoisotopic (exact) mass is 489 g/mol. The van der Waals surface area contributed by atoms with E-state index in [1.807, 2.05) is 0 Å². The number of non-ortho nitro benzene ring substituents is 1. The molecule has 0 aromatic heterocycles. The van der Waals surface area contributed by atoms with Crippen LogP contribution in [0.25, 0.3) is 0 Å². The fourth-order valence-electron chi connectivity index (χ4n) is 2.85. The zero-order valence-electron chi connectivity index (χ0n) is 17.5. The highest BCUT2D eigenvalue weighted by molar-refractivity contribution is 7.92. The first-order chi connectivity index (χ1) is 15.4. The summed E-state index contributed by atoms with van der Waals surface area (Å²) in [5.41, 5.74) is 0.207. The summed E-state index contributed by atoms with van der Waals surface area (Å²) in [6.45, 7) is 1.67. The lowest BCUT2D eigenvalue weighted by Crippen LogP contribution is -2.15. The maximum Gasteiger partial charge on any atom is 0.271 e. The zero-order chi connectivity index (χ0) is 24.4. The lowest BCUT2D eigenvalue weighted by Gasteiger charge is -2.13. The molecule has 0 fully saturated rings. The van der Waals surface area contributed by atoms with E-state index < -0.39 is 36.4 Å². The first kappa shape index (κ1) is 23.9. The van der Waals surface area contributed by atoms with Gasteiger partial charge in [0.1, 0.15) is 0 Å². The second-order valence-corrected chi connectivity index (χ2v) is 10.8. The molecule has 0 spiro atoms. The molecular formula is C21H19N3O7S2. The molecule has 1 amide bonds. The number of sulfonamides is 1. The average molecular weight is 490 g/mol. The van der Waals surface area contributed by atoms with Crippen LogP contribution in [-0.2, 0) is 19.9 Å². The molecule has 3 aromatic carbocycles. The highest BCUT2D eigenvalue weighted by Gasteiger charge is 2.20. The third-order valence-corrected chi connectivity index (χ3v) is 7.06. The number of nitro groups is 1. The molecular weight excluding hydrogens is 470 g/mol. The van der Waals surface area contributed by atoms with E-state index in [-0.39, 0.29) is 26.7 Å². The fourth-order valence-corrected chi connectivity index (χ4v) is 4.67. The number of carbonyl (C=O) groups is 1. The van der Waals surface area contributed by atoms with Crippen molar-refractivity contribution in [2.24, 2.45) is 0 Å². The summed E-state index contributed by atoms with van der Waals surface area (Å²) in [5.74, 6) is -0.802. The number of nitro benzene ring substituents is 1. The van der Waals surface area contributed by atoms with E-state index in [0.717, 1.165) is 24.5 Å². The van der Waals surface area contributed by atoms with Gasteiger partial charge < -0.3 is 5.32 Å². The van der Waals surface area contributed by atoms with Gasteiger partial charge in [-0.05, 0) is 42.8 Å². The summed E-state index contributed by atoms with van der Waals surface area (Å²) < 4.78 is 51.4. The minimum atomic E-state index is -3.87. The predicted octanol–water partition coefficient (Wildman–Crippen LogP) is 3.36. The van der Waals surface area contributed by atoms with Crippen LogP contribution in [0.4, 0.5) is 17.1 Å². The molecule has 172 valence electrons. The van der Waals surface area contributed by atoms with Crippen LogP contribution in [0, 0.1) is 17.0 Å². The number of sulfone groups is 1. The smallest absolute Gasteiger partial charge is 0.271 e. The number of nitrogens with zero attached hydrogens (tertiary/aromatic N) is 1. The Hall–Kier alpha value is -3.77. The molecule has 33 heavy (non-hydrogen) atoms. The van der Waals surface area contributed by atoms with Gasteiger partial charge in [-0.2, -0.15) is 0 Å². The molecule has 0 unspecified atom stereocenters. The Bertz CT molecular complexity index is 1450. The molecule has 10 nitrogen and oxygen atoms in total. The standard InChI is InChI=1S/C21H19N3O7S2/c1-14-8-9-16(12-20(14)23-33(30,31)18-6-4-3-5-7-18)22-21(25)15-10-17(24(26)27)13-19(11-15)32(2,28)29/h3-13,23H,1-2H3,(H,22,25). The Morgan fingerprint density at radius 2 is 1.58 bits per heavy atom. The van der Waals surface area contributed by atoms with Crippen LogP contribution in [-0.4, -0.2) is 33.9 Å². The Morgan fingerprint density at radius 1 is 0.909 bits per heavy atom. The molecule has 12 heteroatoms. The van der Waals surface area contributed by atoms with Gasteiger partial charge in [-0.3, -0.25) is 19.6 Å². The van der Waals surface area contributed by atoms with E-state index in [4.69, 9.17) is 0 Å². The van der Waals surface area contributed by atoms with Crippen LogP contribution < -0.4 is 10.0 Å². The summed E-state index contributed by atoms with van der Waals surface area (Å²) in [6, 6.07) is 15.1. The summed E-state index contributed by atoms with van der Waals surface area (Å²) >= 11 is 0. The lowest BCUT2D eigenvalue weighted by molar-refractivity contribution is -0.385. The van der Waals surface area contributed by atoms with Gasteiger partial charge in [0, 0.05) is 29.6 Å². The van der Waals surface area contributed by atoms with Crippen molar-refractivity contribution in [1.29, 1.82) is 0 Å². The summed E-state index contributed by atoms with van der Waals surface area (Å²) in [4.78, 5) is 22.8. The first-order valence-electron chi connectivity index (χ1n) is 9.36. The maximum atomic E-state index is 12.7. The molecule has 0 bridgehead atoms. The number of nitrogens with one attached hydrogen (secondary N) is 2. The molecule has 0 saturated heterocycles. The topological polar surface area (TPSA) is 153 Å². The summed E-state index contributed by atoms with van der Waals surface area (Å²) in [7, 11) is -7.68. The van der Waals surface area contributed by atoms with Crippen molar-refractivity contribution >= 4 is 42.8 Å². The minimum absolute atomic E-state index is 0.0590. The number of aryl methyl sites for hydroxylation is 1. The van der Waals surface area contributed by atoms with Crippen LogP contribution >= 0.6 is 0 Å². The van der Waals surface area contributed by atoms with Gasteiger partial charge in [0.2, 0.25) is 0 Å². The highest BCUT2D eigenvalue weighted by Crippen LogP contribution is 2.25. The minimum Gasteiger partial charge on any atom is -0.322 e. The molecule has 0 aliphatic heterocycles. The molecule has 3 rings (SSSR count). The van der Waals surface area contributed by atoms with Crippen LogP contribution in [0.3, 0.4) is 0 Å². The van der Waals surface area contributed by atoms with Gasteiger partial charge >= 0.3 is 0 Å². The molecule has 0 saturated carbocycles. The Kier molecular flexibility index (Phi) is 6.51. The van der Waals surface area contributed by atoms with Gasteiger partial charge in [-0.15, -0.1) is 0 Å². The molecule has 0 atom stereocenters. The van der Waals surface area contributed by atoms with Crippen LogP contribution in [0.2, 0.25) is 0 Å². The number of hydrogen-bond donors (Lipinski definition) is 2. The second kappa shape index (κ2) is 9.00. The van der Waals surface area contributed by atoms with Crippen molar-refractivity contribution in [3.63, 3.8) is 0 Å². The van der Waals surface area contributed by atoms with Gasteiger partial charge in [0.05, 0.1) is 20.4 Å². The quantitative estimate of drug-likeness (QED) is 0.381. The largest absolute Gasteiger partial charge is 0.322 e. The Morgan fingerprint density at radius 3 is 2.18 bits per heavy atom. The molecule has 0 aliphatic rings. The fraction of sp³-hybridized carbons (Fsp3) is 0.0952. The van der Waals surface area contributed by atoms with E-state index in [1.54, 1.807) is 31.2 Å². The van der Waals surface area contributed by atoms with Crippen molar-refractivity contribution in [3.8, 4) is 0 Å². The van der Waals surface area contributed by atoms with Crippen molar-refractivity contribution in [2.75, 3.05) is 16.3 Å². The van der Waals surface area contributed by atoms with Crippen LogP contribution in [0.15, 0.2) is 76.5 Å². The van der Waals surface area contributed by atoms with Gasteiger partial charge in [0.25, 0.3) is 21.6 Å². The van der Waals surface area contributed by atoms with E-state index >= 15 is 0 Å². The Balaban J connectivity index is 1.91. The van der Waals surface area contributed by atoms with Gasteiger partial charge in [-0.25, -0.2) is 16.8 Å². The first-order valence-corrected chi connectivity index (χ1v) is 12.7. The molecule has 0 aliphatic carbocycles. The lowest BCUT2D eigenvalue weighted by atomic mass is 10.1. The van der Waals surface area contributed by atoms with Crippen molar-refractivity contribution in [2.45, 2.75) is 16.7 Å². The number of carbonyl (C=O) groups excluding carboxylic acids is 1. The molecule has 3 aromatic rings. The zero-order valence-corrected chi connectivity index (χ0v) is 19.1. The van der Waals surface area contributed by atoms with E-state index in [0.29, 0.717) is 5.56 Å². The van der Waals surface area contributed by atoms with Crippen molar-refractivity contribution in [1.82, 2.24) is 0 Å². The van der Waals surface area contributed by atoms with Gasteiger partial charge in [0.15, 0.2) is 9.84 Å². The Labute approximate surface area is 190 Å². The van der Waals surface area contributed by atoms with Gasteiger partial charge in [-0.1, -0.05) is 24.3 Å². The summed E-state index contributed by atoms with van der Waals surface area (Å²) in [6.07, 6.45) is 0.874. The molecule has 2 N–H and O–H groups in total. The van der Waals surface area contributed by atoms with E-state index in [1.165, 1.54) is 24.3 Å². The van der Waals surface area contributed by atoms with Crippen molar-refractivity contribution < 1.29 is 26.6 Å². The normalized spacial score (nSPS) is 11.6. The molecule has 0 radical (unpaired) electrons. The number of rotatable bonds is 7. The maximum absolute atomic E-state index is 12.7. The van der Waals surface area contributed by atoms with Crippen LogP contribution in [0.5, 0.6) is 0 Å². The number of anilines is 2. The third kappa shape index (κ3) is 5.73. The van der Waals surface area contributed by atoms with Crippen molar-refractivity contribution in [3.05, 3.63) is 88.0 Å². The predicted molar refractivity (Wildman–Crippen MR) is 123 cm³/mol. The van der Waals surface area contributed by atoms with E-state index in [2.05, 4.69) is 10.0 Å².